The quantitative estimate of drug-likeness (QED) is 0.163. The average molecular weight is 935 g/mol. The van der Waals surface area contributed by atoms with E-state index in [0.717, 1.165) is 6.42 Å². The molecule has 2 aliphatic heterocycles. The molecule has 6 aromatic carbocycles. The molecule has 2 heterocycles. The number of allylic oxidation sites excluding steroid dienone is 1. The zero-order valence-corrected chi connectivity index (χ0v) is 46.2. The molecule has 0 bridgehead atoms. The largest absolute Gasteiger partial charge is 0.311 e. The van der Waals surface area contributed by atoms with Gasteiger partial charge < -0.3 is 9.80 Å². The van der Waals surface area contributed by atoms with Gasteiger partial charge in [-0.3, -0.25) is 0 Å². The zero-order valence-electron chi connectivity index (χ0n) is 46.2. The van der Waals surface area contributed by atoms with Gasteiger partial charge in [0.1, 0.15) is 0 Å². The Bertz CT molecular complexity index is 3270. The van der Waals surface area contributed by atoms with Gasteiger partial charge in [0.2, 0.25) is 6.71 Å². The Kier molecular flexibility index (Phi) is 9.83. The lowest BCUT2D eigenvalue weighted by Crippen LogP contribution is -2.56. The van der Waals surface area contributed by atoms with Crippen LogP contribution in [0.1, 0.15) is 198 Å². The number of fused-ring (bicyclic) bond motifs is 8. The molecule has 0 unspecified atom stereocenters. The average Bonchev–Trinajstić information content (AvgIpc) is 3.68. The molecule has 0 radical (unpaired) electrons. The van der Waals surface area contributed by atoms with Crippen molar-refractivity contribution in [3.8, 4) is 11.1 Å². The molecule has 71 heavy (non-hydrogen) atoms. The smallest absolute Gasteiger partial charge is 0.247 e. The predicted octanol–water partition coefficient (Wildman–Crippen LogP) is 17.1. The molecule has 3 heteroatoms. The van der Waals surface area contributed by atoms with Gasteiger partial charge in [0.25, 0.3) is 0 Å². The van der Waals surface area contributed by atoms with E-state index in [9.17, 15) is 0 Å². The molecule has 0 atom stereocenters. The molecule has 6 aliphatic rings. The van der Waals surface area contributed by atoms with Crippen LogP contribution in [0.5, 0.6) is 0 Å². The van der Waals surface area contributed by atoms with Crippen molar-refractivity contribution in [3.05, 3.63) is 164 Å². The topological polar surface area (TPSA) is 6.48 Å². The maximum atomic E-state index is 2.79. The van der Waals surface area contributed by atoms with E-state index in [0.29, 0.717) is 0 Å². The van der Waals surface area contributed by atoms with Crippen LogP contribution in [0.3, 0.4) is 0 Å². The summed E-state index contributed by atoms with van der Waals surface area (Å²) in [4.78, 5) is 5.52. The standard InChI is InChI=1S/C68H79BN2/c1-41-32-58-60-59(33-41)71(56-39-52-49(64(7,8)28-30-67(52,13)14)36-46(56)42-20-18-17-19-21-42)57-40-53-51(66(11,12)29-31-68(53,15)16)38-54(57)69(60)55-35-43-34-48-50(65(9,10)27-26-63(48,5)6)37-47(43)61(55)70(58)45-24-22-44(23-25-45)62(2,3)4/h17-25,32-34,36-40H,26-31,35H2,1-16H3. The number of hydrogen-bond donors (Lipinski definition) is 0. The second kappa shape index (κ2) is 14.9. The highest BCUT2D eigenvalue weighted by atomic mass is 15.2. The van der Waals surface area contributed by atoms with Crippen LogP contribution in [0.2, 0.25) is 0 Å². The fraction of sp³-hybridized carbons (Fsp3) is 0.441. The highest BCUT2D eigenvalue weighted by molar-refractivity contribution is 6.96. The van der Waals surface area contributed by atoms with Gasteiger partial charge in [0.15, 0.2) is 0 Å². The first-order valence-electron chi connectivity index (χ1n) is 27.4. The van der Waals surface area contributed by atoms with Gasteiger partial charge >= 0.3 is 0 Å². The van der Waals surface area contributed by atoms with Gasteiger partial charge in [-0.25, -0.2) is 0 Å². The van der Waals surface area contributed by atoms with Gasteiger partial charge in [0, 0.05) is 39.6 Å². The number of anilines is 5. The second-order valence-corrected chi connectivity index (χ2v) is 28.3. The molecular formula is C68H79BN2. The SMILES string of the molecule is Cc1cc2c3c(c1)N(c1cc4c(cc1-c1ccccc1)C(C)(C)CCC4(C)C)c1cc4c(cc1B3C1=C(c3cc5c(cc3C1)C(C)(C)CCC5(C)C)N2c1ccc(C(C)(C)C)cc1)C(C)(C)CCC4(C)C. The highest BCUT2D eigenvalue weighted by Gasteiger charge is 2.51. The van der Waals surface area contributed by atoms with Crippen molar-refractivity contribution in [2.24, 2.45) is 0 Å². The fourth-order valence-corrected chi connectivity index (χ4v) is 14.5. The van der Waals surface area contributed by atoms with E-state index in [4.69, 9.17) is 0 Å². The van der Waals surface area contributed by atoms with E-state index >= 15 is 0 Å². The number of hydrogen-bond acceptors (Lipinski definition) is 2. The molecule has 2 nitrogen and oxygen atoms in total. The first-order chi connectivity index (χ1) is 33.2. The van der Waals surface area contributed by atoms with Crippen LogP contribution in [-0.4, -0.2) is 6.71 Å². The van der Waals surface area contributed by atoms with E-state index < -0.39 is 0 Å². The van der Waals surface area contributed by atoms with Crippen LogP contribution in [0.4, 0.5) is 28.4 Å². The minimum Gasteiger partial charge on any atom is -0.311 e. The van der Waals surface area contributed by atoms with Crippen molar-refractivity contribution in [1.29, 1.82) is 0 Å². The lowest BCUT2D eigenvalue weighted by molar-refractivity contribution is 0.331. The number of rotatable bonds is 3. The minimum atomic E-state index is 0.0392. The van der Waals surface area contributed by atoms with E-state index in [1.54, 1.807) is 16.6 Å². The third-order valence-corrected chi connectivity index (χ3v) is 19.5. The summed E-state index contributed by atoms with van der Waals surface area (Å²) in [6.45, 7) is 39.5. The molecule has 0 N–H and O–H groups in total. The molecule has 6 aromatic rings. The van der Waals surface area contributed by atoms with E-state index in [1.165, 1.54) is 139 Å². The lowest BCUT2D eigenvalue weighted by atomic mass is 9.32. The summed E-state index contributed by atoms with van der Waals surface area (Å²) < 4.78 is 0. The predicted molar refractivity (Wildman–Crippen MR) is 307 cm³/mol. The third kappa shape index (κ3) is 6.93. The maximum Gasteiger partial charge on any atom is 0.247 e. The molecular weight excluding hydrogens is 856 g/mol. The third-order valence-electron chi connectivity index (χ3n) is 19.5. The lowest BCUT2D eigenvalue weighted by Gasteiger charge is -2.48. The Morgan fingerprint density at radius 3 is 1.42 bits per heavy atom. The summed E-state index contributed by atoms with van der Waals surface area (Å²) in [5.74, 6) is 0. The van der Waals surface area contributed by atoms with Crippen molar-refractivity contribution in [2.45, 2.75) is 194 Å². The van der Waals surface area contributed by atoms with Crippen molar-refractivity contribution in [1.82, 2.24) is 0 Å². The molecule has 0 amide bonds. The molecule has 0 fully saturated rings. The Hall–Kier alpha value is -5.28. The Balaban J connectivity index is 1.22. The first kappa shape index (κ1) is 46.8. The van der Waals surface area contributed by atoms with Crippen molar-refractivity contribution < 1.29 is 0 Å². The molecule has 0 saturated heterocycles. The molecule has 12 rings (SSSR count). The summed E-state index contributed by atoms with van der Waals surface area (Å²) in [7, 11) is 0. The van der Waals surface area contributed by atoms with Gasteiger partial charge in [-0.1, -0.05) is 164 Å². The Morgan fingerprint density at radius 1 is 0.451 bits per heavy atom. The monoisotopic (exact) mass is 935 g/mol. The van der Waals surface area contributed by atoms with Crippen molar-refractivity contribution in [3.63, 3.8) is 0 Å². The van der Waals surface area contributed by atoms with Crippen LogP contribution in [0.15, 0.2) is 109 Å². The highest BCUT2D eigenvalue weighted by Crippen LogP contribution is 2.58. The van der Waals surface area contributed by atoms with Crippen molar-refractivity contribution >= 4 is 51.8 Å². The molecule has 0 spiro atoms. The van der Waals surface area contributed by atoms with E-state index in [2.05, 4.69) is 224 Å². The maximum absolute atomic E-state index is 2.79. The summed E-state index contributed by atoms with van der Waals surface area (Å²) in [5.41, 5.74) is 30.3. The number of aryl methyl sites for hydroxylation is 1. The molecule has 0 saturated carbocycles. The summed E-state index contributed by atoms with van der Waals surface area (Å²) in [6.07, 6.45) is 8.08. The zero-order chi connectivity index (χ0) is 50.3. The fourth-order valence-electron chi connectivity index (χ4n) is 14.5. The van der Waals surface area contributed by atoms with Crippen LogP contribution in [0, 0.1) is 6.92 Å². The normalized spacial score (nSPS) is 21.1. The second-order valence-electron chi connectivity index (χ2n) is 28.3. The number of nitrogens with zero attached hydrogens (tertiary/aromatic N) is 2. The summed E-state index contributed by atoms with van der Waals surface area (Å²) >= 11 is 0. The molecule has 4 aliphatic carbocycles. The van der Waals surface area contributed by atoms with E-state index in [1.807, 2.05) is 0 Å². The van der Waals surface area contributed by atoms with Crippen LogP contribution >= 0.6 is 0 Å². The molecule has 364 valence electrons. The Labute approximate surface area is 428 Å². The molecule has 0 aromatic heterocycles. The van der Waals surface area contributed by atoms with Crippen LogP contribution in [-0.2, 0) is 44.3 Å². The van der Waals surface area contributed by atoms with Gasteiger partial charge in [-0.15, -0.1) is 0 Å². The van der Waals surface area contributed by atoms with Crippen LogP contribution in [0.25, 0.3) is 16.8 Å². The number of benzene rings is 6. The van der Waals surface area contributed by atoms with Crippen LogP contribution < -0.4 is 20.7 Å². The summed E-state index contributed by atoms with van der Waals surface area (Å²) in [5, 5.41) is 0. The summed E-state index contributed by atoms with van der Waals surface area (Å²) in [6, 6.07) is 42.2. The minimum absolute atomic E-state index is 0.0392. The van der Waals surface area contributed by atoms with Gasteiger partial charge in [0.05, 0.1) is 5.69 Å². The Morgan fingerprint density at radius 2 is 0.901 bits per heavy atom. The van der Waals surface area contributed by atoms with Gasteiger partial charge in [-0.05, 0) is 205 Å². The van der Waals surface area contributed by atoms with Crippen molar-refractivity contribution in [2.75, 3.05) is 9.80 Å². The van der Waals surface area contributed by atoms with Gasteiger partial charge in [-0.2, -0.15) is 0 Å². The first-order valence-corrected chi connectivity index (χ1v) is 27.4. The van der Waals surface area contributed by atoms with E-state index in [-0.39, 0.29) is 44.6 Å².